The quantitative estimate of drug-likeness (QED) is 0.482. The van der Waals surface area contributed by atoms with Crippen LogP contribution in [0.5, 0.6) is 0 Å². The Bertz CT molecular complexity index is 658. The van der Waals surface area contributed by atoms with E-state index in [1.807, 2.05) is 13.8 Å². The summed E-state index contributed by atoms with van der Waals surface area (Å²) in [6.45, 7) is 5.58. The summed E-state index contributed by atoms with van der Waals surface area (Å²) in [5.41, 5.74) is 1.87. The van der Waals surface area contributed by atoms with Crippen LogP contribution in [0.3, 0.4) is 0 Å². The third-order valence-corrected chi connectivity index (χ3v) is 2.97. The van der Waals surface area contributed by atoms with Gasteiger partial charge in [0.2, 0.25) is 0 Å². The van der Waals surface area contributed by atoms with E-state index in [9.17, 15) is 9.59 Å². The van der Waals surface area contributed by atoms with Crippen LogP contribution in [0.1, 0.15) is 31.3 Å². The van der Waals surface area contributed by atoms with Gasteiger partial charge < -0.3 is 4.84 Å². The molecule has 0 bridgehead atoms. The SMILES string of the molecule is CC1=CC(=O)C(C(C)C)=C/C1=N/OC(=O)c1ccncn1. The highest BCUT2D eigenvalue weighted by atomic mass is 16.7. The average Bonchev–Trinajstić information content (AvgIpc) is 2.46. The van der Waals surface area contributed by atoms with E-state index in [0.717, 1.165) is 0 Å². The summed E-state index contributed by atoms with van der Waals surface area (Å²) < 4.78 is 0. The first-order valence-electron chi connectivity index (χ1n) is 6.49. The zero-order chi connectivity index (χ0) is 15.4. The monoisotopic (exact) mass is 285 g/mol. The molecule has 0 aromatic carbocycles. The Balaban J connectivity index is 2.19. The highest BCUT2D eigenvalue weighted by molar-refractivity contribution is 6.21. The molecule has 0 aliphatic heterocycles. The third kappa shape index (κ3) is 3.47. The summed E-state index contributed by atoms with van der Waals surface area (Å²) in [7, 11) is 0. The first kappa shape index (κ1) is 14.8. The molecular weight excluding hydrogens is 270 g/mol. The molecule has 1 aliphatic carbocycles. The van der Waals surface area contributed by atoms with Gasteiger partial charge in [0.15, 0.2) is 11.5 Å². The number of oxime groups is 1. The molecule has 6 heteroatoms. The van der Waals surface area contributed by atoms with Gasteiger partial charge in [0.25, 0.3) is 0 Å². The van der Waals surface area contributed by atoms with E-state index < -0.39 is 5.97 Å². The van der Waals surface area contributed by atoms with Crippen LogP contribution in [-0.4, -0.2) is 27.4 Å². The largest absolute Gasteiger partial charge is 0.384 e. The van der Waals surface area contributed by atoms with Gasteiger partial charge in [0.1, 0.15) is 12.0 Å². The maximum Gasteiger partial charge on any atom is 0.384 e. The Labute approximate surface area is 122 Å². The lowest BCUT2D eigenvalue weighted by Gasteiger charge is -2.14. The number of ketones is 1. The third-order valence-electron chi connectivity index (χ3n) is 2.97. The summed E-state index contributed by atoms with van der Waals surface area (Å²) in [5.74, 6) is -0.637. The lowest BCUT2D eigenvalue weighted by molar-refractivity contribution is -0.111. The van der Waals surface area contributed by atoms with Crippen molar-refractivity contribution in [3.8, 4) is 0 Å². The Hall–Kier alpha value is -2.63. The Morgan fingerprint density at radius 1 is 1.33 bits per heavy atom. The molecule has 2 rings (SSSR count). The van der Waals surface area contributed by atoms with Crippen molar-refractivity contribution in [2.24, 2.45) is 11.1 Å². The van der Waals surface area contributed by atoms with Gasteiger partial charge in [-0.05, 0) is 36.6 Å². The van der Waals surface area contributed by atoms with Gasteiger partial charge in [-0.3, -0.25) is 4.79 Å². The minimum absolute atomic E-state index is 0.0384. The van der Waals surface area contributed by atoms with E-state index in [2.05, 4.69) is 15.1 Å². The smallest absolute Gasteiger partial charge is 0.310 e. The molecule has 1 aromatic rings. The van der Waals surface area contributed by atoms with Crippen molar-refractivity contribution >= 4 is 17.5 Å². The average molecular weight is 285 g/mol. The van der Waals surface area contributed by atoms with Gasteiger partial charge in [-0.25, -0.2) is 14.8 Å². The summed E-state index contributed by atoms with van der Waals surface area (Å²) in [4.78, 5) is 35.9. The second-order valence-electron chi connectivity index (χ2n) is 4.90. The Kier molecular flexibility index (Phi) is 4.37. The molecule has 0 atom stereocenters. The van der Waals surface area contributed by atoms with Crippen LogP contribution in [0.15, 0.2) is 47.0 Å². The van der Waals surface area contributed by atoms with Crippen LogP contribution in [0.25, 0.3) is 0 Å². The molecule has 1 heterocycles. The molecule has 0 fully saturated rings. The zero-order valence-corrected chi connectivity index (χ0v) is 12.0. The fourth-order valence-corrected chi connectivity index (χ4v) is 1.78. The first-order chi connectivity index (χ1) is 9.99. The topological polar surface area (TPSA) is 81.5 Å². The molecule has 6 nitrogen and oxygen atoms in total. The molecule has 0 amide bonds. The van der Waals surface area contributed by atoms with Gasteiger partial charge in [-0.1, -0.05) is 19.0 Å². The number of hydrogen-bond donors (Lipinski definition) is 0. The van der Waals surface area contributed by atoms with E-state index >= 15 is 0 Å². The maximum atomic E-state index is 11.8. The first-order valence-corrected chi connectivity index (χ1v) is 6.49. The number of rotatable bonds is 3. The summed E-state index contributed by atoms with van der Waals surface area (Å²) >= 11 is 0. The minimum atomic E-state index is -0.672. The minimum Gasteiger partial charge on any atom is -0.310 e. The fourth-order valence-electron chi connectivity index (χ4n) is 1.78. The van der Waals surface area contributed by atoms with Gasteiger partial charge in [-0.2, -0.15) is 0 Å². The number of aromatic nitrogens is 2. The van der Waals surface area contributed by atoms with E-state index in [1.54, 1.807) is 13.0 Å². The normalized spacial score (nSPS) is 16.8. The highest BCUT2D eigenvalue weighted by Gasteiger charge is 2.19. The maximum absolute atomic E-state index is 11.8. The van der Waals surface area contributed by atoms with Crippen molar-refractivity contribution in [2.75, 3.05) is 0 Å². The van der Waals surface area contributed by atoms with Gasteiger partial charge >= 0.3 is 5.97 Å². The molecule has 0 spiro atoms. The molecule has 0 radical (unpaired) electrons. The zero-order valence-electron chi connectivity index (χ0n) is 12.0. The van der Waals surface area contributed by atoms with E-state index in [4.69, 9.17) is 4.84 Å². The number of carbonyl (C=O) groups is 2. The predicted octanol–water partition coefficient (Wildman–Crippen LogP) is 2.10. The molecule has 1 aliphatic rings. The van der Waals surface area contributed by atoms with Crippen LogP contribution in [0, 0.1) is 5.92 Å². The second kappa shape index (κ2) is 6.21. The predicted molar refractivity (Wildman–Crippen MR) is 76.6 cm³/mol. The number of hydrogen-bond acceptors (Lipinski definition) is 6. The summed E-state index contributed by atoms with van der Waals surface area (Å²) in [6.07, 6.45) is 5.84. The van der Waals surface area contributed by atoms with E-state index in [1.165, 1.54) is 24.7 Å². The molecule has 108 valence electrons. The van der Waals surface area contributed by atoms with Crippen molar-refractivity contribution < 1.29 is 14.4 Å². The molecular formula is C15H15N3O3. The van der Waals surface area contributed by atoms with Crippen molar-refractivity contribution in [3.05, 3.63) is 47.6 Å². The number of nitrogens with zero attached hydrogens (tertiary/aromatic N) is 3. The molecule has 0 saturated carbocycles. The fraction of sp³-hybridized carbons (Fsp3) is 0.267. The van der Waals surface area contributed by atoms with Crippen molar-refractivity contribution in [3.63, 3.8) is 0 Å². The molecule has 0 unspecified atom stereocenters. The summed E-state index contributed by atoms with van der Waals surface area (Å²) in [5, 5.41) is 3.82. The molecule has 21 heavy (non-hydrogen) atoms. The standard InChI is InChI=1S/C15H15N3O3/c1-9(2)11-7-13(10(3)6-14(11)19)18-21-15(20)12-4-5-16-8-17-12/h4-9H,1-3H3/b18-13-. The van der Waals surface area contributed by atoms with Crippen LogP contribution >= 0.6 is 0 Å². The van der Waals surface area contributed by atoms with Crippen LogP contribution in [0.4, 0.5) is 0 Å². The van der Waals surface area contributed by atoms with Crippen molar-refractivity contribution in [1.82, 2.24) is 9.97 Å². The second-order valence-corrected chi connectivity index (χ2v) is 4.90. The lowest BCUT2D eigenvalue weighted by Crippen LogP contribution is -2.16. The van der Waals surface area contributed by atoms with Gasteiger partial charge in [0.05, 0.1) is 0 Å². The van der Waals surface area contributed by atoms with E-state index in [-0.39, 0.29) is 17.4 Å². The lowest BCUT2D eigenvalue weighted by atomic mass is 9.90. The number of allylic oxidation sites excluding steroid dienone is 4. The van der Waals surface area contributed by atoms with Crippen LogP contribution in [-0.2, 0) is 9.63 Å². The van der Waals surface area contributed by atoms with Gasteiger partial charge in [-0.15, -0.1) is 0 Å². The molecule has 0 saturated heterocycles. The number of carbonyl (C=O) groups excluding carboxylic acids is 2. The van der Waals surface area contributed by atoms with Crippen LogP contribution in [0.2, 0.25) is 0 Å². The van der Waals surface area contributed by atoms with Gasteiger partial charge in [0, 0.05) is 11.8 Å². The summed E-state index contributed by atoms with van der Waals surface area (Å²) in [6, 6.07) is 1.44. The van der Waals surface area contributed by atoms with Crippen molar-refractivity contribution in [2.45, 2.75) is 20.8 Å². The molecule has 0 N–H and O–H groups in total. The molecule has 1 aromatic heterocycles. The Morgan fingerprint density at radius 2 is 2.10 bits per heavy atom. The Morgan fingerprint density at radius 3 is 2.71 bits per heavy atom. The highest BCUT2D eigenvalue weighted by Crippen LogP contribution is 2.19. The van der Waals surface area contributed by atoms with E-state index in [0.29, 0.717) is 16.9 Å². The van der Waals surface area contributed by atoms with Crippen molar-refractivity contribution in [1.29, 1.82) is 0 Å². The van der Waals surface area contributed by atoms with Crippen LogP contribution < -0.4 is 0 Å².